The van der Waals surface area contributed by atoms with Crippen molar-refractivity contribution in [2.45, 2.75) is 19.5 Å². The molecule has 0 saturated heterocycles. The number of nitrogens with zero attached hydrogens (tertiary/aromatic N) is 1. The van der Waals surface area contributed by atoms with E-state index in [1.165, 1.54) is 29.9 Å². The summed E-state index contributed by atoms with van der Waals surface area (Å²) < 4.78 is 6.92. The van der Waals surface area contributed by atoms with Gasteiger partial charge in [-0.2, -0.15) is 0 Å². The van der Waals surface area contributed by atoms with E-state index in [0.717, 1.165) is 4.70 Å². The van der Waals surface area contributed by atoms with Crippen molar-refractivity contribution in [3.63, 3.8) is 0 Å². The third kappa shape index (κ3) is 2.88. The maximum Gasteiger partial charge on any atom is 0.330 e. The number of aromatic nitrogens is 1. The second kappa shape index (κ2) is 5.87. The van der Waals surface area contributed by atoms with Crippen molar-refractivity contribution in [2.75, 3.05) is 7.11 Å². The highest BCUT2D eigenvalue weighted by Crippen LogP contribution is 2.16. The monoisotopic (exact) mass is 294 g/mol. The Bertz CT molecular complexity index is 704. The maximum absolute atomic E-state index is 12.2. The number of rotatable bonds is 4. The average Bonchev–Trinajstić information content (AvgIpc) is 2.88. The first-order valence-corrected chi connectivity index (χ1v) is 6.82. The molecule has 0 radical (unpaired) electrons. The van der Waals surface area contributed by atoms with Crippen LogP contribution in [-0.2, 0) is 20.9 Å². The Labute approximate surface area is 119 Å². The first-order chi connectivity index (χ1) is 9.52. The lowest BCUT2D eigenvalue weighted by molar-refractivity contribution is -0.145. The molecule has 1 atom stereocenters. The Hall–Kier alpha value is -2.15. The van der Waals surface area contributed by atoms with Crippen molar-refractivity contribution in [3.05, 3.63) is 34.1 Å². The summed E-state index contributed by atoms with van der Waals surface area (Å²) in [5, 5.41) is 4.91. The third-order valence-electron chi connectivity index (χ3n) is 2.83. The fraction of sp³-hybridized carbons (Fsp3) is 0.308. The molecule has 1 unspecified atom stereocenters. The molecule has 0 aromatic carbocycles. The highest BCUT2D eigenvalue weighted by Gasteiger charge is 2.21. The van der Waals surface area contributed by atoms with Gasteiger partial charge in [-0.05, 0) is 17.5 Å². The van der Waals surface area contributed by atoms with Crippen LogP contribution in [0.1, 0.15) is 6.92 Å². The van der Waals surface area contributed by atoms with E-state index < -0.39 is 12.0 Å². The van der Waals surface area contributed by atoms with Crippen LogP contribution < -0.4 is 10.9 Å². The van der Waals surface area contributed by atoms with Crippen LogP contribution in [0.4, 0.5) is 0 Å². The van der Waals surface area contributed by atoms with Gasteiger partial charge in [0.05, 0.1) is 19.0 Å². The summed E-state index contributed by atoms with van der Waals surface area (Å²) >= 11 is 1.48. The van der Waals surface area contributed by atoms with Crippen molar-refractivity contribution in [2.24, 2.45) is 0 Å². The van der Waals surface area contributed by atoms with Gasteiger partial charge >= 0.3 is 5.97 Å². The van der Waals surface area contributed by atoms with Crippen molar-refractivity contribution >= 4 is 33.3 Å². The number of fused-ring (bicyclic) bond motifs is 1. The van der Waals surface area contributed by atoms with Crippen molar-refractivity contribution in [1.29, 1.82) is 0 Å². The standard InChI is InChI=1S/C13H14N2O4S/c1-8(16)14-10(13(18)19-2)7-15-5-3-11-9(12(15)17)4-6-20-11/h3-6,10H,7H2,1-2H3,(H,14,16). The van der Waals surface area contributed by atoms with Gasteiger partial charge in [0.25, 0.3) is 5.56 Å². The van der Waals surface area contributed by atoms with E-state index >= 15 is 0 Å². The predicted molar refractivity (Wildman–Crippen MR) is 75.7 cm³/mol. The van der Waals surface area contributed by atoms with Crippen molar-refractivity contribution < 1.29 is 14.3 Å². The molecule has 1 N–H and O–H groups in total. The van der Waals surface area contributed by atoms with Crippen LogP contribution in [0.5, 0.6) is 0 Å². The van der Waals surface area contributed by atoms with Gasteiger partial charge < -0.3 is 14.6 Å². The van der Waals surface area contributed by atoms with E-state index in [1.54, 1.807) is 12.3 Å². The Morgan fingerprint density at radius 2 is 2.20 bits per heavy atom. The highest BCUT2D eigenvalue weighted by atomic mass is 32.1. The molecule has 0 bridgehead atoms. The molecule has 20 heavy (non-hydrogen) atoms. The van der Waals surface area contributed by atoms with Gasteiger partial charge in [0, 0.05) is 17.8 Å². The van der Waals surface area contributed by atoms with E-state index in [9.17, 15) is 14.4 Å². The van der Waals surface area contributed by atoms with E-state index in [0.29, 0.717) is 5.39 Å². The number of pyridine rings is 1. The smallest absolute Gasteiger partial charge is 0.330 e. The van der Waals surface area contributed by atoms with Gasteiger partial charge in [-0.3, -0.25) is 9.59 Å². The summed E-state index contributed by atoms with van der Waals surface area (Å²) in [4.78, 5) is 35.0. The number of hydrogen-bond donors (Lipinski definition) is 1. The SMILES string of the molecule is COC(=O)C(Cn1ccc2sccc2c1=O)NC(C)=O. The first kappa shape index (κ1) is 14.3. The normalized spacial score (nSPS) is 12.1. The van der Waals surface area contributed by atoms with E-state index in [4.69, 9.17) is 0 Å². The van der Waals surface area contributed by atoms with Gasteiger partial charge in [-0.15, -0.1) is 11.3 Å². The molecule has 1 amide bonds. The van der Waals surface area contributed by atoms with Crippen LogP contribution in [0.2, 0.25) is 0 Å². The van der Waals surface area contributed by atoms with Crippen LogP contribution in [0, 0.1) is 0 Å². The average molecular weight is 294 g/mol. The number of hydrogen-bond acceptors (Lipinski definition) is 5. The molecule has 0 aliphatic rings. The number of ether oxygens (including phenoxy) is 1. The molecular formula is C13H14N2O4S. The molecular weight excluding hydrogens is 280 g/mol. The summed E-state index contributed by atoms with van der Waals surface area (Å²) in [6.07, 6.45) is 1.61. The topological polar surface area (TPSA) is 77.4 Å². The van der Waals surface area contributed by atoms with E-state index in [-0.39, 0.29) is 18.0 Å². The van der Waals surface area contributed by atoms with Crippen LogP contribution >= 0.6 is 11.3 Å². The largest absolute Gasteiger partial charge is 0.467 e. The highest BCUT2D eigenvalue weighted by molar-refractivity contribution is 7.17. The molecule has 0 saturated carbocycles. The zero-order valence-corrected chi connectivity index (χ0v) is 11.9. The Morgan fingerprint density at radius 1 is 1.45 bits per heavy atom. The molecule has 2 heterocycles. The van der Waals surface area contributed by atoms with Gasteiger partial charge in [0.15, 0.2) is 0 Å². The van der Waals surface area contributed by atoms with Gasteiger partial charge in [-0.1, -0.05) is 0 Å². The Kier molecular flexibility index (Phi) is 4.19. The quantitative estimate of drug-likeness (QED) is 0.844. The minimum atomic E-state index is -0.883. The van der Waals surface area contributed by atoms with E-state index in [2.05, 4.69) is 10.1 Å². The molecule has 106 valence electrons. The molecule has 7 heteroatoms. The fourth-order valence-corrected chi connectivity index (χ4v) is 2.69. The van der Waals surface area contributed by atoms with E-state index in [1.807, 2.05) is 11.4 Å². The molecule has 6 nitrogen and oxygen atoms in total. The van der Waals surface area contributed by atoms with Crippen molar-refractivity contribution in [3.8, 4) is 0 Å². The molecule has 2 rings (SSSR count). The molecule has 2 aromatic rings. The number of methoxy groups -OCH3 is 1. The second-order valence-electron chi connectivity index (χ2n) is 4.25. The lowest BCUT2D eigenvalue weighted by atomic mass is 10.2. The van der Waals surface area contributed by atoms with Crippen LogP contribution in [0.25, 0.3) is 10.1 Å². The minimum Gasteiger partial charge on any atom is -0.467 e. The summed E-state index contributed by atoms with van der Waals surface area (Å²) in [5.74, 6) is -0.942. The molecule has 2 aromatic heterocycles. The predicted octanol–water partition coefficient (Wildman–Crippen LogP) is 0.741. The van der Waals surface area contributed by atoms with Gasteiger partial charge in [0.2, 0.25) is 5.91 Å². The molecule has 0 spiro atoms. The lowest BCUT2D eigenvalue weighted by Crippen LogP contribution is -2.45. The molecule has 0 aliphatic heterocycles. The molecule has 0 fully saturated rings. The van der Waals surface area contributed by atoms with Crippen LogP contribution in [-0.4, -0.2) is 29.6 Å². The first-order valence-electron chi connectivity index (χ1n) is 5.94. The van der Waals surface area contributed by atoms with Crippen LogP contribution in [0.15, 0.2) is 28.5 Å². The number of nitrogens with one attached hydrogen (secondary N) is 1. The van der Waals surface area contributed by atoms with Gasteiger partial charge in [0.1, 0.15) is 6.04 Å². The number of esters is 1. The van der Waals surface area contributed by atoms with Gasteiger partial charge in [-0.25, -0.2) is 4.79 Å². The summed E-state index contributed by atoms with van der Waals surface area (Å²) in [6.45, 7) is 1.34. The van der Waals surface area contributed by atoms with Crippen molar-refractivity contribution in [1.82, 2.24) is 9.88 Å². The molecule has 0 aliphatic carbocycles. The maximum atomic E-state index is 12.2. The lowest BCUT2D eigenvalue weighted by Gasteiger charge is -2.16. The number of amides is 1. The minimum absolute atomic E-state index is 0.0386. The van der Waals surface area contributed by atoms with Crippen LogP contribution in [0.3, 0.4) is 0 Å². The Balaban J connectivity index is 2.32. The fourth-order valence-electron chi connectivity index (χ4n) is 1.91. The zero-order chi connectivity index (χ0) is 14.7. The summed E-state index contributed by atoms with van der Waals surface area (Å²) in [7, 11) is 1.24. The number of thiophene rings is 1. The summed E-state index contributed by atoms with van der Waals surface area (Å²) in [6, 6.07) is 2.67. The third-order valence-corrected chi connectivity index (χ3v) is 3.72. The number of carbonyl (C=O) groups excluding carboxylic acids is 2. The zero-order valence-electron chi connectivity index (χ0n) is 11.1. The Morgan fingerprint density at radius 3 is 2.85 bits per heavy atom. The second-order valence-corrected chi connectivity index (χ2v) is 5.20. The number of carbonyl (C=O) groups is 2. The summed E-state index contributed by atoms with van der Waals surface area (Å²) in [5.41, 5.74) is -0.192.